The van der Waals surface area contributed by atoms with Crippen LogP contribution in [-0.4, -0.2) is 35.5 Å². The van der Waals surface area contributed by atoms with Crippen molar-refractivity contribution in [2.45, 2.75) is 32.5 Å². The van der Waals surface area contributed by atoms with Gasteiger partial charge in [0.2, 0.25) is 0 Å². The maximum atomic E-state index is 9.40. The van der Waals surface area contributed by atoms with Gasteiger partial charge in [-0.05, 0) is 11.8 Å². The minimum atomic E-state index is -0.600. The lowest BCUT2D eigenvalue weighted by molar-refractivity contribution is 0.0100. The molecule has 0 aromatic carbocycles. The summed E-state index contributed by atoms with van der Waals surface area (Å²) in [6.07, 6.45) is -0.502. The number of aliphatic hydroxyl groups is 2. The molecule has 0 aromatic heterocycles. The molecular weight excluding hydrogens is 142 g/mol. The van der Waals surface area contributed by atoms with Crippen molar-refractivity contribution in [2.75, 3.05) is 13.1 Å². The number of hydrogen-bond acceptors (Lipinski definition) is 3. The summed E-state index contributed by atoms with van der Waals surface area (Å²) >= 11 is 0. The highest BCUT2D eigenvalue weighted by Crippen LogP contribution is 2.24. The predicted molar refractivity (Wildman–Crippen MR) is 43.3 cm³/mol. The van der Waals surface area contributed by atoms with Crippen LogP contribution in [0.2, 0.25) is 0 Å². The predicted octanol–water partition coefficient (Wildman–Crippen LogP) is -0.272. The Morgan fingerprint density at radius 1 is 1.27 bits per heavy atom. The van der Waals surface area contributed by atoms with E-state index in [1.807, 2.05) is 0 Å². The number of nitrogens with one attached hydrogen (secondary N) is 1. The zero-order valence-electron chi connectivity index (χ0n) is 7.17. The lowest BCUT2D eigenvalue weighted by Gasteiger charge is -2.24. The smallest absolute Gasteiger partial charge is 0.0923 e. The Bertz CT molecular complexity index is 136. The summed E-state index contributed by atoms with van der Waals surface area (Å²) in [5.41, 5.74) is 0.0941. The van der Waals surface area contributed by atoms with Crippen molar-refractivity contribution in [1.29, 1.82) is 0 Å². The highest BCUT2D eigenvalue weighted by Gasteiger charge is 2.29. The molecule has 0 unspecified atom stereocenters. The van der Waals surface area contributed by atoms with Crippen molar-refractivity contribution >= 4 is 0 Å². The van der Waals surface area contributed by atoms with E-state index in [1.165, 1.54) is 0 Å². The van der Waals surface area contributed by atoms with Crippen molar-refractivity contribution in [3.8, 4) is 0 Å². The summed E-state index contributed by atoms with van der Waals surface area (Å²) in [6, 6.07) is 0. The monoisotopic (exact) mass is 159 g/mol. The average Bonchev–Trinajstić information content (AvgIpc) is 1.93. The molecule has 0 bridgehead atoms. The number of β-amino-alcohol motifs (C(OH)–C–C–N with tert-alkyl or cyclic N) is 1. The third kappa shape index (κ3) is 2.43. The quantitative estimate of drug-likeness (QED) is 0.456. The van der Waals surface area contributed by atoms with Gasteiger partial charge in [0.05, 0.1) is 12.2 Å². The second-order valence-corrected chi connectivity index (χ2v) is 4.13. The van der Waals surface area contributed by atoms with Gasteiger partial charge in [0.15, 0.2) is 0 Å². The lowest BCUT2D eigenvalue weighted by atomic mass is 9.87. The largest absolute Gasteiger partial charge is 0.390 e. The highest BCUT2D eigenvalue weighted by atomic mass is 16.3. The second-order valence-electron chi connectivity index (χ2n) is 4.13. The van der Waals surface area contributed by atoms with Gasteiger partial charge in [0.25, 0.3) is 0 Å². The Hall–Kier alpha value is -0.120. The van der Waals surface area contributed by atoms with E-state index in [4.69, 9.17) is 0 Å². The second kappa shape index (κ2) is 3.09. The Labute approximate surface area is 67.4 Å². The SMILES string of the molecule is CC1(C)CNC[C@H](O)[C@H](O)C1. The molecule has 3 heteroatoms. The molecule has 0 amide bonds. The van der Waals surface area contributed by atoms with Crippen molar-refractivity contribution in [2.24, 2.45) is 5.41 Å². The van der Waals surface area contributed by atoms with Gasteiger partial charge < -0.3 is 15.5 Å². The van der Waals surface area contributed by atoms with Gasteiger partial charge in [-0.1, -0.05) is 13.8 Å². The zero-order valence-corrected chi connectivity index (χ0v) is 7.17. The molecule has 1 heterocycles. The molecule has 0 aliphatic carbocycles. The Morgan fingerprint density at radius 2 is 1.91 bits per heavy atom. The fourth-order valence-electron chi connectivity index (χ4n) is 1.47. The molecule has 3 nitrogen and oxygen atoms in total. The molecule has 1 aliphatic rings. The van der Waals surface area contributed by atoms with Crippen LogP contribution >= 0.6 is 0 Å². The van der Waals surface area contributed by atoms with Crippen LogP contribution in [0.3, 0.4) is 0 Å². The van der Waals surface area contributed by atoms with Gasteiger partial charge in [-0.15, -0.1) is 0 Å². The first-order chi connectivity index (χ1) is 5.01. The number of rotatable bonds is 0. The Morgan fingerprint density at radius 3 is 2.55 bits per heavy atom. The lowest BCUT2D eigenvalue weighted by Crippen LogP contribution is -2.32. The third-order valence-corrected chi connectivity index (χ3v) is 2.16. The fraction of sp³-hybridized carbons (Fsp3) is 1.00. The first-order valence-corrected chi connectivity index (χ1v) is 4.08. The van der Waals surface area contributed by atoms with Crippen molar-refractivity contribution < 1.29 is 10.2 Å². The summed E-state index contributed by atoms with van der Waals surface area (Å²) in [5.74, 6) is 0. The van der Waals surface area contributed by atoms with Crippen LogP contribution in [0.4, 0.5) is 0 Å². The first kappa shape index (κ1) is 8.97. The number of hydrogen-bond donors (Lipinski definition) is 3. The zero-order chi connectivity index (χ0) is 8.48. The summed E-state index contributed by atoms with van der Waals surface area (Å²) in [5, 5.41) is 21.8. The molecule has 1 saturated heterocycles. The van der Waals surface area contributed by atoms with Gasteiger partial charge >= 0.3 is 0 Å². The minimum absolute atomic E-state index is 0.0941. The Balaban J connectivity index is 2.55. The van der Waals surface area contributed by atoms with Crippen LogP contribution in [0.25, 0.3) is 0 Å². The van der Waals surface area contributed by atoms with E-state index in [9.17, 15) is 10.2 Å². The molecule has 0 radical (unpaired) electrons. The molecule has 1 rings (SSSR count). The molecular formula is C8H17NO2. The third-order valence-electron chi connectivity index (χ3n) is 2.16. The average molecular weight is 159 g/mol. The topological polar surface area (TPSA) is 52.5 Å². The standard InChI is InChI=1S/C8H17NO2/c1-8(2)3-6(10)7(11)4-9-5-8/h6-7,9-11H,3-5H2,1-2H3/t6-,7+/m1/s1. The molecule has 1 fully saturated rings. The van der Waals surface area contributed by atoms with Gasteiger partial charge in [-0.2, -0.15) is 0 Å². The fourth-order valence-corrected chi connectivity index (χ4v) is 1.47. The van der Waals surface area contributed by atoms with E-state index in [0.717, 1.165) is 6.54 Å². The number of aliphatic hydroxyl groups excluding tert-OH is 2. The van der Waals surface area contributed by atoms with Crippen molar-refractivity contribution in [3.05, 3.63) is 0 Å². The summed E-state index contributed by atoms with van der Waals surface area (Å²) < 4.78 is 0. The summed E-state index contributed by atoms with van der Waals surface area (Å²) in [6.45, 7) is 5.54. The molecule has 0 aromatic rings. The minimum Gasteiger partial charge on any atom is -0.390 e. The van der Waals surface area contributed by atoms with Crippen LogP contribution in [0.5, 0.6) is 0 Å². The van der Waals surface area contributed by atoms with E-state index in [0.29, 0.717) is 13.0 Å². The molecule has 0 saturated carbocycles. The van der Waals surface area contributed by atoms with Gasteiger partial charge in [0, 0.05) is 13.1 Å². The highest BCUT2D eigenvalue weighted by molar-refractivity contribution is 4.84. The van der Waals surface area contributed by atoms with Crippen LogP contribution in [0, 0.1) is 5.41 Å². The molecule has 0 spiro atoms. The van der Waals surface area contributed by atoms with Crippen molar-refractivity contribution in [1.82, 2.24) is 5.32 Å². The maximum Gasteiger partial charge on any atom is 0.0923 e. The van der Waals surface area contributed by atoms with E-state index in [2.05, 4.69) is 19.2 Å². The molecule has 2 atom stereocenters. The molecule has 3 N–H and O–H groups in total. The maximum absolute atomic E-state index is 9.40. The first-order valence-electron chi connectivity index (χ1n) is 4.08. The van der Waals surface area contributed by atoms with Crippen LogP contribution in [0.15, 0.2) is 0 Å². The van der Waals surface area contributed by atoms with E-state index in [-0.39, 0.29) is 5.41 Å². The van der Waals surface area contributed by atoms with E-state index < -0.39 is 12.2 Å². The van der Waals surface area contributed by atoms with Gasteiger partial charge in [0.1, 0.15) is 0 Å². The normalized spacial score (nSPS) is 38.2. The van der Waals surface area contributed by atoms with Crippen molar-refractivity contribution in [3.63, 3.8) is 0 Å². The molecule has 11 heavy (non-hydrogen) atoms. The van der Waals surface area contributed by atoms with Gasteiger partial charge in [-0.3, -0.25) is 0 Å². The molecule has 1 aliphatic heterocycles. The van der Waals surface area contributed by atoms with Crippen LogP contribution in [-0.2, 0) is 0 Å². The van der Waals surface area contributed by atoms with Crippen LogP contribution < -0.4 is 5.32 Å². The van der Waals surface area contributed by atoms with Gasteiger partial charge in [-0.25, -0.2) is 0 Å². The van der Waals surface area contributed by atoms with E-state index in [1.54, 1.807) is 0 Å². The van der Waals surface area contributed by atoms with Crippen LogP contribution in [0.1, 0.15) is 20.3 Å². The van der Waals surface area contributed by atoms with E-state index >= 15 is 0 Å². The summed E-state index contributed by atoms with van der Waals surface area (Å²) in [7, 11) is 0. The summed E-state index contributed by atoms with van der Waals surface area (Å²) in [4.78, 5) is 0. The Kier molecular flexibility index (Phi) is 2.52. The molecule has 66 valence electrons.